The molecule has 0 spiro atoms. The number of rotatable bonds is 8. The van der Waals surface area contributed by atoms with E-state index >= 15 is 0 Å². The molecule has 0 aromatic rings. The van der Waals surface area contributed by atoms with Crippen LogP contribution in [0.1, 0.15) is 33.6 Å². The molecular formula is C10H21NO4S. The Hall–Kier alpha value is -0.620. The first-order valence-corrected chi connectivity index (χ1v) is 7.09. The van der Waals surface area contributed by atoms with Crippen LogP contribution in [0.4, 0.5) is 0 Å². The van der Waals surface area contributed by atoms with Gasteiger partial charge in [-0.2, -0.15) is 0 Å². The molecule has 0 heterocycles. The lowest BCUT2D eigenvalue weighted by molar-refractivity contribution is -0.137. The zero-order valence-corrected chi connectivity index (χ0v) is 10.9. The molecule has 16 heavy (non-hydrogen) atoms. The molecule has 0 amide bonds. The maximum absolute atomic E-state index is 11.4. The van der Waals surface area contributed by atoms with Gasteiger partial charge in [0.2, 0.25) is 10.0 Å². The Bertz CT molecular complexity index is 311. The molecule has 96 valence electrons. The van der Waals surface area contributed by atoms with Gasteiger partial charge in [0.05, 0.1) is 5.75 Å². The summed E-state index contributed by atoms with van der Waals surface area (Å²) in [5.41, 5.74) is 0. The van der Waals surface area contributed by atoms with E-state index in [1.807, 2.05) is 20.8 Å². The van der Waals surface area contributed by atoms with Gasteiger partial charge in [-0.1, -0.05) is 20.8 Å². The second-order valence-electron chi connectivity index (χ2n) is 4.39. The number of nitrogens with one attached hydrogen (secondary N) is 1. The van der Waals surface area contributed by atoms with Crippen LogP contribution in [0.5, 0.6) is 0 Å². The average Bonchev–Trinajstić information content (AvgIpc) is 2.13. The number of carbonyl (C=O) groups is 1. The predicted octanol–water partition coefficient (Wildman–Crippen LogP) is 1.06. The van der Waals surface area contributed by atoms with E-state index in [9.17, 15) is 13.2 Å². The van der Waals surface area contributed by atoms with Gasteiger partial charge in [-0.15, -0.1) is 0 Å². The summed E-state index contributed by atoms with van der Waals surface area (Å²) >= 11 is 0. The molecule has 6 heteroatoms. The first-order valence-electron chi connectivity index (χ1n) is 5.43. The van der Waals surface area contributed by atoms with Gasteiger partial charge in [0, 0.05) is 13.0 Å². The third-order valence-corrected chi connectivity index (χ3v) is 4.00. The molecule has 0 aliphatic carbocycles. The van der Waals surface area contributed by atoms with Crippen molar-refractivity contribution in [1.82, 2.24) is 4.72 Å². The molecule has 0 aliphatic rings. The van der Waals surface area contributed by atoms with Crippen LogP contribution in [0.15, 0.2) is 0 Å². The van der Waals surface area contributed by atoms with Crippen LogP contribution >= 0.6 is 0 Å². The predicted molar refractivity (Wildman–Crippen MR) is 62.7 cm³/mol. The Morgan fingerprint density at radius 1 is 1.31 bits per heavy atom. The van der Waals surface area contributed by atoms with Gasteiger partial charge in [-0.3, -0.25) is 4.79 Å². The van der Waals surface area contributed by atoms with E-state index < -0.39 is 16.0 Å². The van der Waals surface area contributed by atoms with E-state index in [1.165, 1.54) is 0 Å². The quantitative estimate of drug-likeness (QED) is 0.675. The highest BCUT2D eigenvalue weighted by Crippen LogP contribution is 2.08. The van der Waals surface area contributed by atoms with Crippen LogP contribution < -0.4 is 4.72 Å². The summed E-state index contributed by atoms with van der Waals surface area (Å²) in [5, 5.41) is 8.39. The molecule has 0 bridgehead atoms. The largest absolute Gasteiger partial charge is 0.481 e. The SMILES string of the molecule is CC(C)C(C)CNS(=O)(=O)CCCC(=O)O. The number of hydrogen-bond donors (Lipinski definition) is 2. The Kier molecular flexibility index (Phi) is 6.59. The Morgan fingerprint density at radius 2 is 1.88 bits per heavy atom. The molecule has 0 fully saturated rings. The summed E-state index contributed by atoms with van der Waals surface area (Å²) < 4.78 is 25.4. The summed E-state index contributed by atoms with van der Waals surface area (Å²) in [6.07, 6.45) is 0.0430. The van der Waals surface area contributed by atoms with E-state index in [1.54, 1.807) is 0 Å². The molecule has 5 nitrogen and oxygen atoms in total. The lowest BCUT2D eigenvalue weighted by Gasteiger charge is -2.15. The second-order valence-corrected chi connectivity index (χ2v) is 6.31. The summed E-state index contributed by atoms with van der Waals surface area (Å²) in [5.74, 6) is -0.397. The van der Waals surface area contributed by atoms with Crippen LogP contribution in [0.25, 0.3) is 0 Å². The second kappa shape index (κ2) is 6.85. The third-order valence-electron chi connectivity index (χ3n) is 2.57. The van der Waals surface area contributed by atoms with Crippen molar-refractivity contribution in [3.05, 3.63) is 0 Å². The minimum atomic E-state index is -3.32. The van der Waals surface area contributed by atoms with Gasteiger partial charge in [0.15, 0.2) is 0 Å². The summed E-state index contributed by atoms with van der Waals surface area (Å²) in [7, 11) is -3.32. The van der Waals surface area contributed by atoms with Crippen molar-refractivity contribution in [1.29, 1.82) is 0 Å². The van der Waals surface area contributed by atoms with Crippen molar-refractivity contribution in [2.75, 3.05) is 12.3 Å². The standard InChI is InChI=1S/C10H21NO4S/c1-8(2)9(3)7-11-16(14,15)6-4-5-10(12)13/h8-9,11H,4-7H2,1-3H3,(H,12,13). The molecule has 0 aromatic heterocycles. The van der Waals surface area contributed by atoms with Gasteiger partial charge in [0.1, 0.15) is 0 Å². The van der Waals surface area contributed by atoms with Crippen molar-refractivity contribution in [3.63, 3.8) is 0 Å². The molecule has 0 rings (SSSR count). The zero-order valence-electron chi connectivity index (χ0n) is 10.1. The highest BCUT2D eigenvalue weighted by atomic mass is 32.2. The van der Waals surface area contributed by atoms with E-state index in [-0.39, 0.29) is 24.5 Å². The summed E-state index contributed by atoms with van der Waals surface area (Å²) in [4.78, 5) is 10.2. The van der Waals surface area contributed by atoms with Crippen LogP contribution in [-0.2, 0) is 14.8 Å². The van der Waals surface area contributed by atoms with Crippen LogP contribution in [0.2, 0.25) is 0 Å². The smallest absolute Gasteiger partial charge is 0.303 e. The van der Waals surface area contributed by atoms with Crippen LogP contribution in [0, 0.1) is 11.8 Å². The minimum Gasteiger partial charge on any atom is -0.481 e. The van der Waals surface area contributed by atoms with Crippen LogP contribution in [0.3, 0.4) is 0 Å². The fraction of sp³-hybridized carbons (Fsp3) is 0.900. The molecule has 0 saturated heterocycles. The normalized spacial score (nSPS) is 14.0. The first-order chi connectivity index (χ1) is 7.24. The topological polar surface area (TPSA) is 83.5 Å². The lowest BCUT2D eigenvalue weighted by Crippen LogP contribution is -2.32. The first kappa shape index (κ1) is 15.4. The van der Waals surface area contributed by atoms with Crippen molar-refractivity contribution < 1.29 is 18.3 Å². The fourth-order valence-corrected chi connectivity index (χ4v) is 2.17. The Morgan fingerprint density at radius 3 is 2.31 bits per heavy atom. The highest BCUT2D eigenvalue weighted by molar-refractivity contribution is 7.89. The number of carboxylic acid groups (broad SMARTS) is 1. The molecule has 0 saturated carbocycles. The van der Waals surface area contributed by atoms with Gasteiger partial charge in [0.25, 0.3) is 0 Å². The van der Waals surface area contributed by atoms with Gasteiger partial charge >= 0.3 is 5.97 Å². The van der Waals surface area contributed by atoms with Crippen molar-refractivity contribution >= 4 is 16.0 Å². The van der Waals surface area contributed by atoms with Crippen LogP contribution in [-0.4, -0.2) is 31.8 Å². The van der Waals surface area contributed by atoms with E-state index in [4.69, 9.17) is 5.11 Å². The Balaban J connectivity index is 3.92. The number of aliphatic carboxylic acids is 1. The lowest BCUT2D eigenvalue weighted by atomic mass is 9.99. The number of sulfonamides is 1. The van der Waals surface area contributed by atoms with Crippen molar-refractivity contribution in [2.45, 2.75) is 33.6 Å². The summed E-state index contributed by atoms with van der Waals surface area (Å²) in [6.45, 7) is 6.45. The van der Waals surface area contributed by atoms with Gasteiger partial charge in [-0.05, 0) is 18.3 Å². The monoisotopic (exact) mass is 251 g/mol. The number of carboxylic acids is 1. The summed E-state index contributed by atoms with van der Waals surface area (Å²) in [6, 6.07) is 0. The minimum absolute atomic E-state index is 0.110. The zero-order chi connectivity index (χ0) is 12.8. The molecule has 0 aliphatic heterocycles. The van der Waals surface area contributed by atoms with Gasteiger partial charge in [-0.25, -0.2) is 13.1 Å². The number of hydrogen-bond acceptors (Lipinski definition) is 3. The fourth-order valence-electron chi connectivity index (χ4n) is 0.980. The molecule has 1 atom stereocenters. The molecule has 1 unspecified atom stereocenters. The maximum atomic E-state index is 11.4. The average molecular weight is 251 g/mol. The molecule has 0 aromatic carbocycles. The van der Waals surface area contributed by atoms with E-state index in [0.717, 1.165) is 0 Å². The van der Waals surface area contributed by atoms with E-state index in [0.29, 0.717) is 12.5 Å². The van der Waals surface area contributed by atoms with Crippen molar-refractivity contribution in [3.8, 4) is 0 Å². The van der Waals surface area contributed by atoms with E-state index in [2.05, 4.69) is 4.72 Å². The Labute approximate surface area is 97.3 Å². The molecule has 2 N–H and O–H groups in total. The maximum Gasteiger partial charge on any atom is 0.303 e. The third kappa shape index (κ3) is 7.64. The molecule has 0 radical (unpaired) electrons. The van der Waals surface area contributed by atoms with Crippen molar-refractivity contribution in [2.24, 2.45) is 11.8 Å². The highest BCUT2D eigenvalue weighted by Gasteiger charge is 2.14. The molecular weight excluding hydrogens is 230 g/mol. The van der Waals surface area contributed by atoms with Gasteiger partial charge < -0.3 is 5.11 Å².